The highest BCUT2D eigenvalue weighted by Crippen LogP contribution is 2.14. The molecule has 0 fully saturated rings. The zero-order valence-electron chi connectivity index (χ0n) is 13.0. The molecule has 0 aliphatic carbocycles. The fraction of sp³-hybridized carbons (Fsp3) is 0.929. The molecule has 0 aliphatic rings. The van der Waals surface area contributed by atoms with Crippen LogP contribution in [0.15, 0.2) is 0 Å². The summed E-state index contributed by atoms with van der Waals surface area (Å²) in [5.41, 5.74) is -0.603. The maximum absolute atomic E-state index is 11.9. The molecule has 1 atom stereocenters. The molecule has 0 heterocycles. The first-order valence-corrected chi connectivity index (χ1v) is 6.76. The molecule has 1 unspecified atom stereocenters. The number of nitrogens with zero attached hydrogens (tertiary/aromatic N) is 1. The van der Waals surface area contributed by atoms with Crippen LogP contribution in [0.2, 0.25) is 0 Å². The number of carbonyl (C=O) groups is 1. The predicted molar refractivity (Wildman–Crippen MR) is 75.6 cm³/mol. The standard InChI is InChI=1S/C14H30N2O2/c1-11(2)10-16(6)9-8-14(5,13(17)18-7)15-12(3)4/h11-12,15H,8-10H2,1-7H3. The molecule has 108 valence electrons. The van der Waals surface area contributed by atoms with Crippen LogP contribution in [-0.2, 0) is 9.53 Å². The lowest BCUT2D eigenvalue weighted by Crippen LogP contribution is -2.54. The Bertz CT molecular complexity index is 254. The lowest BCUT2D eigenvalue weighted by molar-refractivity contribution is -0.148. The molecule has 0 aromatic heterocycles. The van der Waals surface area contributed by atoms with Gasteiger partial charge in [0, 0.05) is 19.1 Å². The topological polar surface area (TPSA) is 41.6 Å². The van der Waals surface area contributed by atoms with Crippen LogP contribution in [0.25, 0.3) is 0 Å². The first kappa shape index (κ1) is 17.4. The monoisotopic (exact) mass is 258 g/mol. The predicted octanol–water partition coefficient (Wildman–Crippen LogP) is 1.89. The van der Waals surface area contributed by atoms with Gasteiger partial charge in [0.2, 0.25) is 0 Å². The molecule has 0 saturated carbocycles. The van der Waals surface area contributed by atoms with E-state index in [0.717, 1.165) is 19.5 Å². The molecule has 0 amide bonds. The van der Waals surface area contributed by atoms with Crippen molar-refractivity contribution in [3.63, 3.8) is 0 Å². The van der Waals surface area contributed by atoms with E-state index in [4.69, 9.17) is 4.74 Å². The molecule has 0 saturated heterocycles. The van der Waals surface area contributed by atoms with Crippen LogP contribution in [0.1, 0.15) is 41.0 Å². The van der Waals surface area contributed by atoms with Gasteiger partial charge in [0.05, 0.1) is 7.11 Å². The van der Waals surface area contributed by atoms with Gasteiger partial charge in [-0.3, -0.25) is 10.1 Å². The summed E-state index contributed by atoms with van der Waals surface area (Å²) in [6.07, 6.45) is 0.751. The molecule has 0 spiro atoms. The number of hydrogen-bond donors (Lipinski definition) is 1. The van der Waals surface area contributed by atoms with Crippen molar-refractivity contribution < 1.29 is 9.53 Å². The van der Waals surface area contributed by atoms with Gasteiger partial charge in [-0.25, -0.2) is 0 Å². The minimum Gasteiger partial charge on any atom is -0.468 e. The summed E-state index contributed by atoms with van der Waals surface area (Å²) >= 11 is 0. The van der Waals surface area contributed by atoms with E-state index in [0.29, 0.717) is 5.92 Å². The minimum atomic E-state index is -0.603. The Kier molecular flexibility index (Phi) is 7.48. The molecule has 0 aromatic rings. The molecule has 0 radical (unpaired) electrons. The average Bonchev–Trinajstić information content (AvgIpc) is 2.23. The van der Waals surface area contributed by atoms with Crippen LogP contribution in [-0.4, -0.2) is 49.7 Å². The molecular weight excluding hydrogens is 228 g/mol. The second-order valence-electron chi connectivity index (χ2n) is 6.03. The Labute approximate surface area is 112 Å². The quantitative estimate of drug-likeness (QED) is 0.675. The van der Waals surface area contributed by atoms with Gasteiger partial charge in [0.15, 0.2) is 0 Å². The van der Waals surface area contributed by atoms with Gasteiger partial charge < -0.3 is 9.64 Å². The lowest BCUT2D eigenvalue weighted by Gasteiger charge is -2.32. The van der Waals surface area contributed by atoms with Crippen molar-refractivity contribution in [3.05, 3.63) is 0 Å². The van der Waals surface area contributed by atoms with Crippen molar-refractivity contribution in [3.8, 4) is 0 Å². The zero-order chi connectivity index (χ0) is 14.3. The van der Waals surface area contributed by atoms with Crippen molar-refractivity contribution >= 4 is 5.97 Å². The van der Waals surface area contributed by atoms with Gasteiger partial charge in [-0.05, 0) is 40.2 Å². The summed E-state index contributed by atoms with van der Waals surface area (Å²) in [6, 6.07) is 0.254. The van der Waals surface area contributed by atoms with Gasteiger partial charge in [0.1, 0.15) is 5.54 Å². The summed E-state index contributed by atoms with van der Waals surface area (Å²) in [7, 11) is 3.54. The van der Waals surface area contributed by atoms with Crippen molar-refractivity contribution in [1.82, 2.24) is 10.2 Å². The summed E-state index contributed by atoms with van der Waals surface area (Å²) in [4.78, 5) is 14.2. The fourth-order valence-corrected chi connectivity index (χ4v) is 2.22. The minimum absolute atomic E-state index is 0.186. The van der Waals surface area contributed by atoms with Gasteiger partial charge >= 0.3 is 5.97 Å². The summed E-state index contributed by atoms with van der Waals surface area (Å²) in [5.74, 6) is 0.451. The summed E-state index contributed by atoms with van der Waals surface area (Å²) in [5, 5.41) is 3.31. The molecule has 0 aromatic carbocycles. The normalized spacial score (nSPS) is 15.2. The van der Waals surface area contributed by atoms with Gasteiger partial charge in [0.25, 0.3) is 0 Å². The Morgan fingerprint density at radius 1 is 1.33 bits per heavy atom. The van der Waals surface area contributed by atoms with E-state index in [9.17, 15) is 4.79 Å². The van der Waals surface area contributed by atoms with Crippen LogP contribution in [0.3, 0.4) is 0 Å². The van der Waals surface area contributed by atoms with Crippen LogP contribution in [0.4, 0.5) is 0 Å². The molecule has 0 rings (SSSR count). The highest BCUT2D eigenvalue weighted by Gasteiger charge is 2.34. The Balaban J connectivity index is 4.46. The van der Waals surface area contributed by atoms with E-state index >= 15 is 0 Å². The SMILES string of the molecule is COC(=O)C(C)(CCN(C)CC(C)C)NC(C)C. The van der Waals surface area contributed by atoms with E-state index in [1.54, 1.807) is 0 Å². The first-order chi connectivity index (χ1) is 8.21. The second kappa shape index (κ2) is 7.74. The third-order valence-corrected chi connectivity index (χ3v) is 2.91. The number of methoxy groups -OCH3 is 1. The van der Waals surface area contributed by atoms with Crippen molar-refractivity contribution in [1.29, 1.82) is 0 Å². The first-order valence-electron chi connectivity index (χ1n) is 6.76. The number of esters is 1. The number of hydrogen-bond acceptors (Lipinski definition) is 4. The smallest absolute Gasteiger partial charge is 0.325 e. The van der Waals surface area contributed by atoms with Crippen molar-refractivity contribution in [2.24, 2.45) is 5.92 Å². The lowest BCUT2D eigenvalue weighted by atomic mass is 9.96. The highest BCUT2D eigenvalue weighted by atomic mass is 16.5. The maximum atomic E-state index is 11.9. The largest absolute Gasteiger partial charge is 0.468 e. The zero-order valence-corrected chi connectivity index (χ0v) is 13.0. The van der Waals surface area contributed by atoms with Gasteiger partial charge in [-0.15, -0.1) is 0 Å². The third kappa shape index (κ3) is 6.36. The number of rotatable bonds is 8. The van der Waals surface area contributed by atoms with Gasteiger partial charge in [-0.2, -0.15) is 0 Å². The Hall–Kier alpha value is -0.610. The molecular formula is C14H30N2O2. The molecule has 4 nitrogen and oxygen atoms in total. The van der Waals surface area contributed by atoms with Crippen LogP contribution < -0.4 is 5.32 Å². The van der Waals surface area contributed by atoms with E-state index in [2.05, 4.69) is 31.1 Å². The Morgan fingerprint density at radius 2 is 1.89 bits per heavy atom. The molecule has 18 heavy (non-hydrogen) atoms. The van der Waals surface area contributed by atoms with Crippen LogP contribution in [0, 0.1) is 5.92 Å². The molecule has 4 heteroatoms. The third-order valence-electron chi connectivity index (χ3n) is 2.91. The summed E-state index contributed by atoms with van der Waals surface area (Å²) in [6.45, 7) is 12.3. The second-order valence-corrected chi connectivity index (χ2v) is 6.03. The van der Waals surface area contributed by atoms with Crippen LogP contribution >= 0.6 is 0 Å². The molecule has 1 N–H and O–H groups in total. The maximum Gasteiger partial charge on any atom is 0.325 e. The van der Waals surface area contributed by atoms with Gasteiger partial charge in [-0.1, -0.05) is 13.8 Å². The van der Waals surface area contributed by atoms with E-state index < -0.39 is 5.54 Å². The van der Waals surface area contributed by atoms with E-state index in [1.165, 1.54) is 7.11 Å². The highest BCUT2D eigenvalue weighted by molar-refractivity contribution is 5.80. The van der Waals surface area contributed by atoms with Crippen molar-refractivity contribution in [2.45, 2.75) is 52.6 Å². The number of ether oxygens (including phenoxy) is 1. The number of nitrogens with one attached hydrogen (secondary N) is 1. The van der Waals surface area contributed by atoms with Crippen LogP contribution in [0.5, 0.6) is 0 Å². The molecule has 0 aliphatic heterocycles. The fourth-order valence-electron chi connectivity index (χ4n) is 2.22. The average molecular weight is 258 g/mol. The van der Waals surface area contributed by atoms with E-state index in [1.807, 2.05) is 20.8 Å². The Morgan fingerprint density at radius 3 is 2.28 bits per heavy atom. The van der Waals surface area contributed by atoms with E-state index in [-0.39, 0.29) is 12.0 Å². The molecule has 0 bridgehead atoms. The number of carbonyl (C=O) groups excluding carboxylic acids is 1. The van der Waals surface area contributed by atoms with Crippen molar-refractivity contribution in [2.75, 3.05) is 27.2 Å². The summed E-state index contributed by atoms with van der Waals surface area (Å²) < 4.78 is 4.91.